The van der Waals surface area contributed by atoms with Gasteiger partial charge in [0.25, 0.3) is 0 Å². The summed E-state index contributed by atoms with van der Waals surface area (Å²) >= 11 is 0. The lowest BCUT2D eigenvalue weighted by Gasteiger charge is -2.05. The molecular weight excluding hydrogens is 368 g/mol. The van der Waals surface area contributed by atoms with Gasteiger partial charge in [0.2, 0.25) is 17.7 Å². The highest BCUT2D eigenvalue weighted by atomic mass is 16.5. The molecule has 0 saturated carbocycles. The summed E-state index contributed by atoms with van der Waals surface area (Å²) in [5.41, 5.74) is 2.14. The molecule has 0 saturated heterocycles. The molecule has 3 rings (SSSR count). The zero-order chi connectivity index (χ0) is 20.3. The van der Waals surface area contributed by atoms with Gasteiger partial charge in [-0.05, 0) is 17.5 Å². The minimum Gasteiger partial charge on any atom is -0.352 e. The van der Waals surface area contributed by atoms with E-state index in [1.807, 2.05) is 60.7 Å². The number of carbonyl (C=O) groups excluding carboxylic acids is 2. The molecule has 150 valence electrons. The van der Waals surface area contributed by atoms with E-state index >= 15 is 0 Å². The Bertz CT molecular complexity index is 910. The van der Waals surface area contributed by atoms with E-state index in [4.69, 9.17) is 4.52 Å². The predicted molar refractivity (Wildman–Crippen MR) is 108 cm³/mol. The molecule has 0 atom stereocenters. The number of benzene rings is 2. The molecule has 0 aliphatic rings. The summed E-state index contributed by atoms with van der Waals surface area (Å²) in [5.74, 6) is 0.730. The van der Waals surface area contributed by atoms with Crippen LogP contribution in [0.4, 0.5) is 0 Å². The van der Waals surface area contributed by atoms with Crippen LogP contribution in [0.25, 0.3) is 0 Å². The smallest absolute Gasteiger partial charge is 0.246 e. The van der Waals surface area contributed by atoms with Gasteiger partial charge in [-0.25, -0.2) is 0 Å². The number of nitrogens with zero attached hydrogens (tertiary/aromatic N) is 2. The topological polar surface area (TPSA) is 97.1 Å². The van der Waals surface area contributed by atoms with E-state index in [0.29, 0.717) is 37.5 Å². The molecule has 2 amide bonds. The van der Waals surface area contributed by atoms with Gasteiger partial charge >= 0.3 is 0 Å². The third-order valence-electron chi connectivity index (χ3n) is 4.29. The summed E-state index contributed by atoms with van der Waals surface area (Å²) < 4.78 is 5.16. The van der Waals surface area contributed by atoms with Crippen LogP contribution >= 0.6 is 0 Å². The van der Waals surface area contributed by atoms with E-state index in [-0.39, 0.29) is 24.8 Å². The molecule has 7 heteroatoms. The first-order valence-electron chi connectivity index (χ1n) is 9.62. The molecule has 2 N–H and O–H groups in total. The Morgan fingerprint density at radius 3 is 2.03 bits per heavy atom. The van der Waals surface area contributed by atoms with Gasteiger partial charge in [0.1, 0.15) is 0 Å². The molecular formula is C22H24N4O3. The van der Waals surface area contributed by atoms with E-state index in [1.165, 1.54) is 0 Å². The van der Waals surface area contributed by atoms with Crippen molar-refractivity contribution in [2.75, 3.05) is 0 Å². The molecule has 1 heterocycles. The number of hydrogen-bond donors (Lipinski definition) is 2. The number of hydrogen-bond acceptors (Lipinski definition) is 5. The van der Waals surface area contributed by atoms with E-state index < -0.39 is 0 Å². The predicted octanol–water partition coefficient (Wildman–Crippen LogP) is 2.76. The minimum absolute atomic E-state index is 0.0656. The first-order valence-corrected chi connectivity index (χ1v) is 9.62. The number of rotatable bonds is 10. The second kappa shape index (κ2) is 10.8. The summed E-state index contributed by atoms with van der Waals surface area (Å²) in [6, 6.07) is 19.6. The standard InChI is InChI=1S/C22H24N4O3/c27-20(23-15-18-10-5-2-6-11-18)12-7-13-21(28)24-16-22-25-19(26-29-22)14-17-8-3-1-4-9-17/h1-6,8-11H,7,12-16H2,(H,23,27)(H,24,28). The van der Waals surface area contributed by atoms with Crippen molar-refractivity contribution in [2.45, 2.75) is 38.8 Å². The van der Waals surface area contributed by atoms with Gasteiger partial charge in [0, 0.05) is 25.8 Å². The van der Waals surface area contributed by atoms with Crippen LogP contribution in [-0.2, 0) is 29.1 Å². The number of amides is 2. The highest BCUT2D eigenvalue weighted by molar-refractivity contribution is 5.78. The summed E-state index contributed by atoms with van der Waals surface area (Å²) in [6.07, 6.45) is 1.64. The van der Waals surface area contributed by atoms with Gasteiger partial charge < -0.3 is 15.2 Å². The van der Waals surface area contributed by atoms with Gasteiger partial charge in [-0.2, -0.15) is 4.98 Å². The highest BCUT2D eigenvalue weighted by Crippen LogP contribution is 2.06. The Kier molecular flexibility index (Phi) is 7.51. The van der Waals surface area contributed by atoms with Gasteiger partial charge in [0.05, 0.1) is 6.54 Å². The van der Waals surface area contributed by atoms with Crippen LogP contribution in [0.1, 0.15) is 42.1 Å². The average molecular weight is 392 g/mol. The second-order valence-electron chi connectivity index (χ2n) is 6.66. The van der Waals surface area contributed by atoms with E-state index in [1.54, 1.807) is 0 Å². The van der Waals surface area contributed by atoms with Crippen molar-refractivity contribution in [1.82, 2.24) is 20.8 Å². The van der Waals surface area contributed by atoms with Gasteiger partial charge in [0.15, 0.2) is 5.82 Å². The van der Waals surface area contributed by atoms with Crippen LogP contribution < -0.4 is 10.6 Å². The molecule has 7 nitrogen and oxygen atoms in total. The summed E-state index contributed by atoms with van der Waals surface area (Å²) in [5, 5.41) is 9.52. The maximum atomic E-state index is 11.9. The maximum absolute atomic E-state index is 11.9. The first-order chi connectivity index (χ1) is 14.2. The lowest BCUT2D eigenvalue weighted by atomic mass is 10.1. The molecule has 3 aromatic rings. The third kappa shape index (κ3) is 7.21. The van der Waals surface area contributed by atoms with Crippen molar-refractivity contribution in [3.05, 3.63) is 83.5 Å². The first kappa shape index (κ1) is 20.3. The molecule has 2 aromatic carbocycles. The zero-order valence-corrected chi connectivity index (χ0v) is 16.1. The normalized spacial score (nSPS) is 10.5. The third-order valence-corrected chi connectivity index (χ3v) is 4.29. The van der Waals surface area contributed by atoms with Crippen LogP contribution in [0.2, 0.25) is 0 Å². The van der Waals surface area contributed by atoms with Crippen LogP contribution in [0.3, 0.4) is 0 Å². The van der Waals surface area contributed by atoms with Crippen LogP contribution in [-0.4, -0.2) is 22.0 Å². The second-order valence-corrected chi connectivity index (χ2v) is 6.66. The molecule has 0 bridgehead atoms. The molecule has 29 heavy (non-hydrogen) atoms. The van der Waals surface area contributed by atoms with Crippen molar-refractivity contribution in [3.63, 3.8) is 0 Å². The summed E-state index contributed by atoms with van der Waals surface area (Å²) in [7, 11) is 0. The monoisotopic (exact) mass is 392 g/mol. The van der Waals surface area contributed by atoms with Crippen LogP contribution in [0, 0.1) is 0 Å². The average Bonchev–Trinajstić information content (AvgIpc) is 3.19. The summed E-state index contributed by atoms with van der Waals surface area (Å²) in [4.78, 5) is 28.1. The largest absolute Gasteiger partial charge is 0.352 e. The quantitative estimate of drug-likeness (QED) is 0.553. The lowest BCUT2D eigenvalue weighted by molar-refractivity contribution is -0.122. The molecule has 0 spiro atoms. The Hall–Kier alpha value is -3.48. The molecule has 0 unspecified atom stereocenters. The molecule has 0 aliphatic heterocycles. The van der Waals surface area contributed by atoms with Crippen LogP contribution in [0.15, 0.2) is 65.2 Å². The molecule has 1 aromatic heterocycles. The van der Waals surface area contributed by atoms with Gasteiger partial charge in [-0.1, -0.05) is 65.8 Å². The highest BCUT2D eigenvalue weighted by Gasteiger charge is 2.10. The van der Waals surface area contributed by atoms with E-state index in [2.05, 4.69) is 20.8 Å². The Morgan fingerprint density at radius 1 is 0.793 bits per heavy atom. The van der Waals surface area contributed by atoms with Crippen molar-refractivity contribution >= 4 is 11.8 Å². The molecule has 0 aliphatic carbocycles. The fraction of sp³-hybridized carbons (Fsp3) is 0.273. The minimum atomic E-state index is -0.149. The van der Waals surface area contributed by atoms with E-state index in [0.717, 1.165) is 11.1 Å². The number of nitrogens with one attached hydrogen (secondary N) is 2. The SMILES string of the molecule is O=C(CCCC(=O)NCc1nc(Cc2ccccc2)no1)NCc1ccccc1. The fourth-order valence-electron chi connectivity index (χ4n) is 2.77. The molecule has 0 radical (unpaired) electrons. The van der Waals surface area contributed by atoms with Crippen molar-refractivity contribution in [2.24, 2.45) is 0 Å². The Morgan fingerprint density at radius 2 is 1.38 bits per heavy atom. The van der Waals surface area contributed by atoms with Crippen molar-refractivity contribution < 1.29 is 14.1 Å². The Labute approximate surface area is 169 Å². The van der Waals surface area contributed by atoms with Gasteiger partial charge in [-0.15, -0.1) is 0 Å². The zero-order valence-electron chi connectivity index (χ0n) is 16.1. The lowest BCUT2D eigenvalue weighted by Crippen LogP contribution is -2.25. The number of aromatic nitrogens is 2. The van der Waals surface area contributed by atoms with Crippen molar-refractivity contribution in [3.8, 4) is 0 Å². The van der Waals surface area contributed by atoms with Crippen molar-refractivity contribution in [1.29, 1.82) is 0 Å². The number of carbonyl (C=O) groups is 2. The Balaban J connectivity index is 1.30. The summed E-state index contributed by atoms with van der Waals surface area (Å²) in [6.45, 7) is 0.676. The molecule has 0 fully saturated rings. The maximum Gasteiger partial charge on any atom is 0.246 e. The fourth-order valence-corrected chi connectivity index (χ4v) is 2.77. The van der Waals surface area contributed by atoms with Gasteiger partial charge in [-0.3, -0.25) is 9.59 Å². The van der Waals surface area contributed by atoms with Crippen LogP contribution in [0.5, 0.6) is 0 Å². The van der Waals surface area contributed by atoms with E-state index in [9.17, 15) is 9.59 Å².